The molecule has 4 aromatic carbocycles. The molecule has 13 rings (SSSR count). The molecule has 9 heterocycles. The highest BCUT2D eigenvalue weighted by Crippen LogP contribution is 2.44. The number of aromatic nitrogens is 8. The summed E-state index contributed by atoms with van der Waals surface area (Å²) in [6, 6.07) is 19.0. The highest BCUT2D eigenvalue weighted by Gasteiger charge is 2.40. The Morgan fingerprint density at radius 2 is 0.777 bits per heavy atom. The fourth-order valence-corrected chi connectivity index (χ4v) is 16.0. The largest absolute Gasteiger partial charge is 0.494 e. The summed E-state index contributed by atoms with van der Waals surface area (Å²) in [7, 11) is 32.1. The number of morpholine rings is 2. The van der Waals surface area contributed by atoms with Gasteiger partial charge in [0.25, 0.3) is 0 Å². The topological polar surface area (TPSA) is 380 Å². The van der Waals surface area contributed by atoms with Crippen molar-refractivity contribution in [2.24, 2.45) is 0 Å². The molecule has 0 radical (unpaired) electrons. The zero-order valence-electron chi connectivity index (χ0n) is 84.0. The van der Waals surface area contributed by atoms with Crippen molar-refractivity contribution < 1.29 is 57.1 Å². The minimum Gasteiger partial charge on any atom is -0.494 e. The number of nitrogens with zero attached hydrogens (tertiary/aromatic N) is 20. The molecule has 0 saturated carbocycles. The molecule has 139 heavy (non-hydrogen) atoms. The number of piperidine rings is 1. The van der Waals surface area contributed by atoms with Crippen LogP contribution in [-0.4, -0.2) is 346 Å². The maximum atomic E-state index is 12.2. The van der Waals surface area contributed by atoms with Gasteiger partial charge in [0.15, 0.2) is 17.4 Å². The van der Waals surface area contributed by atoms with E-state index in [1.165, 1.54) is 30.7 Å². The first kappa shape index (κ1) is 108. The minimum atomic E-state index is -0.309. The number of halogens is 1. The Labute approximate surface area is 822 Å². The summed E-state index contributed by atoms with van der Waals surface area (Å²) < 4.78 is 45.3. The van der Waals surface area contributed by atoms with Gasteiger partial charge in [0.2, 0.25) is 47.4 Å². The second-order valence-electron chi connectivity index (χ2n) is 35.0. The van der Waals surface area contributed by atoms with Gasteiger partial charge in [-0.25, -0.2) is 19.9 Å². The molecule has 41 heteroatoms. The predicted octanol–water partition coefficient (Wildman–Crippen LogP) is 11.9. The maximum Gasteiger partial charge on any atom is 0.247 e. The van der Waals surface area contributed by atoms with E-state index >= 15 is 0 Å². The van der Waals surface area contributed by atoms with Gasteiger partial charge in [0.05, 0.1) is 154 Å². The maximum absolute atomic E-state index is 12.2. The smallest absolute Gasteiger partial charge is 0.247 e. The molecule has 4 atom stereocenters. The number of amides is 4. The standard InChI is InChI=1S/2C25H37N7O3.C24H34ClN7O3.C24H33N7O3/c1-8-24(33)27-19-13-20(22(34-7)14-21(19)31(6)12-11-30(4)5)28-25-26-10-9-23(29-25)32-15-17(2)35-18(3)16-32;1-7-23(33)27-18-15-19(21(34-5)16-20(18)31(4)14-13-30(2)3)28-25-26-17-22(35-6)24(29-25)32-11-9-8-10-12-32;1-6-22(33)27-18-14-19(21(34-5)15-20(18)31(4)10-9-30(2)3)28-24-26-16-17(25)23(29-24)32-8-7-12-35-13-11-32;1-6-23(32)26-18-12-19(21(33-5)13-20(18)30(4)10-9-29(2)3)27-24-25-8-7-22(28-24)31-14-17-11-16(31)15-34-17/h8-10,13-14,17-18H,1,11-12,15-16H2,2-7H3,(H,27,33)(H,26,28,29);7,15-17H,1,8-14H2,2-6H3,(H,27,33)(H,26,28,29);6,14-16H,1,7-13H2,2-5H3,(H,27,33)(H,26,28,29);6-8,12-13,16-17H,1,9-11,14-15H2,2-5H3,(H,26,32)(H,25,27,28)/t;;;16-,17-/m...0/s1. The second kappa shape index (κ2) is 53.0. The van der Waals surface area contributed by atoms with Crippen LogP contribution in [0.5, 0.6) is 28.7 Å². The number of hydrogen-bond acceptors (Lipinski definition) is 36. The molecular weight excluding hydrogens is 1800 g/mol. The van der Waals surface area contributed by atoms with Gasteiger partial charge in [-0.2, -0.15) is 19.9 Å². The molecule has 0 spiro atoms. The monoisotopic (exact) mass is 1940 g/mol. The first-order valence-corrected chi connectivity index (χ1v) is 46.7. The van der Waals surface area contributed by atoms with Gasteiger partial charge >= 0.3 is 0 Å². The second-order valence-corrected chi connectivity index (χ2v) is 35.4. The summed E-state index contributed by atoms with van der Waals surface area (Å²) >= 11 is 6.42. The van der Waals surface area contributed by atoms with Crippen LogP contribution in [0.2, 0.25) is 5.02 Å². The summed E-state index contributed by atoms with van der Waals surface area (Å²) in [6.07, 6.45) is 17.6. The number of benzene rings is 4. The molecular formula is C98H141ClN28O12. The SMILES string of the molecule is C=CC(=O)Nc1cc(Nc2ncc(Cl)c(N3CCCOCC3)n2)c(OC)cc1N(C)CCN(C)C.C=CC(=O)Nc1cc(Nc2ncc(OC)c(N3CCCCC3)n2)c(OC)cc1N(C)CCN(C)C.C=CC(=O)Nc1cc(Nc2nccc(N3CC(C)OC(C)C3)n2)c(OC)cc1N(C)CCN(C)C.C=CC(=O)Nc1cc(Nc2nccc(N3C[C@@H]4C[C@H]3CO4)n2)c(OC)cc1N(C)CCN(C)C. The number of carbonyl (C=O) groups excluding carboxylic acids is 4. The molecule has 40 nitrogen and oxygen atoms in total. The molecule has 8 N–H and O–H groups in total. The van der Waals surface area contributed by atoms with Crippen LogP contribution in [-0.2, 0) is 33.4 Å². The van der Waals surface area contributed by atoms with Crippen LogP contribution >= 0.6 is 11.6 Å². The van der Waals surface area contributed by atoms with Crippen molar-refractivity contribution in [3.05, 3.63) is 141 Å². The normalized spacial score (nSPS) is 15.9. The molecule has 5 aliphatic rings. The lowest BCUT2D eigenvalue weighted by Gasteiger charge is -2.36. The van der Waals surface area contributed by atoms with Crippen molar-refractivity contribution in [2.45, 2.75) is 70.3 Å². The summed E-state index contributed by atoms with van der Waals surface area (Å²) in [4.78, 5) is 111. The molecule has 2 unspecified atom stereocenters. The summed E-state index contributed by atoms with van der Waals surface area (Å²) in [5.41, 5.74) is 8.33. The Morgan fingerprint density at radius 1 is 0.417 bits per heavy atom. The Morgan fingerprint density at radius 3 is 1.14 bits per heavy atom. The van der Waals surface area contributed by atoms with E-state index < -0.39 is 0 Å². The summed E-state index contributed by atoms with van der Waals surface area (Å²) in [6.45, 7) is 32.7. The molecule has 5 fully saturated rings. The van der Waals surface area contributed by atoms with Crippen LogP contribution in [0.1, 0.15) is 46.0 Å². The molecule has 8 aromatic rings. The summed E-state index contributed by atoms with van der Waals surface area (Å²) in [5.74, 6) is 6.63. The van der Waals surface area contributed by atoms with Gasteiger partial charge in [-0.05, 0) is 163 Å². The van der Waals surface area contributed by atoms with Crippen LogP contribution in [0.15, 0.2) is 136 Å². The molecule has 5 saturated heterocycles. The summed E-state index contributed by atoms with van der Waals surface area (Å²) in [5, 5.41) is 25.1. The first-order chi connectivity index (χ1) is 66.7. The highest BCUT2D eigenvalue weighted by molar-refractivity contribution is 6.32. The van der Waals surface area contributed by atoms with E-state index in [0.29, 0.717) is 128 Å². The van der Waals surface area contributed by atoms with Gasteiger partial charge in [-0.15, -0.1) is 0 Å². The number of anilines is 20. The molecule has 2 bridgehead atoms. The fraction of sp³-hybridized carbons (Fsp3) is 0.469. The molecule has 752 valence electrons. The average molecular weight is 1940 g/mol. The van der Waals surface area contributed by atoms with Gasteiger partial charge in [-0.1, -0.05) is 37.9 Å². The van der Waals surface area contributed by atoms with E-state index in [4.69, 9.17) is 64.4 Å². The van der Waals surface area contributed by atoms with E-state index in [9.17, 15) is 19.2 Å². The fourth-order valence-electron chi connectivity index (χ4n) is 15.8. The number of fused-ring (bicyclic) bond motifs is 2. The van der Waals surface area contributed by atoms with E-state index in [0.717, 1.165) is 171 Å². The van der Waals surface area contributed by atoms with Crippen molar-refractivity contribution in [1.82, 2.24) is 59.5 Å². The van der Waals surface area contributed by atoms with E-state index in [2.05, 4.69) is 166 Å². The predicted molar refractivity (Wildman–Crippen MR) is 559 cm³/mol. The zero-order valence-corrected chi connectivity index (χ0v) is 84.8. The molecule has 4 aromatic heterocycles. The lowest BCUT2D eigenvalue weighted by molar-refractivity contribution is -0.112. The average Bonchev–Trinajstić information content (AvgIpc) is 1.74. The Balaban J connectivity index is 0.000000191. The number of rotatable bonds is 41. The number of methoxy groups -OCH3 is 5. The minimum absolute atomic E-state index is 0.123. The van der Waals surface area contributed by atoms with Crippen molar-refractivity contribution in [1.29, 1.82) is 0 Å². The van der Waals surface area contributed by atoms with Gasteiger partial charge < -0.3 is 139 Å². The number of likely N-dealkylation sites (N-methyl/N-ethyl adjacent to an activating group) is 8. The number of hydrogen-bond donors (Lipinski definition) is 8. The van der Waals surface area contributed by atoms with Crippen LogP contribution in [0.25, 0.3) is 0 Å². The van der Waals surface area contributed by atoms with E-state index in [1.807, 2.05) is 139 Å². The van der Waals surface area contributed by atoms with Crippen LogP contribution < -0.4 is 105 Å². The quantitative estimate of drug-likeness (QED) is 0.0165. The third kappa shape index (κ3) is 31.3. The number of ether oxygens (including phenoxy) is 8. The van der Waals surface area contributed by atoms with Gasteiger partial charge in [0.1, 0.15) is 39.7 Å². The molecule has 4 amide bonds. The van der Waals surface area contributed by atoms with Crippen LogP contribution in [0, 0.1) is 0 Å². The molecule has 0 aliphatic carbocycles. The molecule has 5 aliphatic heterocycles. The third-order valence-corrected chi connectivity index (χ3v) is 23.6. The Hall–Kier alpha value is -13.4. The van der Waals surface area contributed by atoms with Gasteiger partial charge in [-0.3, -0.25) is 19.2 Å². The Kier molecular flexibility index (Phi) is 41.0. The van der Waals surface area contributed by atoms with Crippen molar-refractivity contribution >= 4 is 151 Å². The third-order valence-electron chi connectivity index (χ3n) is 23.3. The van der Waals surface area contributed by atoms with Gasteiger partial charge in [0, 0.05) is 170 Å². The Bertz CT molecular complexity index is 5420. The number of carbonyl (C=O) groups is 4. The first-order valence-electron chi connectivity index (χ1n) is 46.3. The van der Waals surface area contributed by atoms with Crippen molar-refractivity contribution in [2.75, 3.05) is 320 Å². The van der Waals surface area contributed by atoms with Crippen molar-refractivity contribution in [3.63, 3.8) is 0 Å². The lowest BCUT2D eigenvalue weighted by atomic mass is 10.1. The van der Waals surface area contributed by atoms with E-state index in [-0.39, 0.29) is 41.9 Å². The highest BCUT2D eigenvalue weighted by atomic mass is 35.5. The van der Waals surface area contributed by atoms with Crippen LogP contribution in [0.4, 0.5) is 115 Å². The van der Waals surface area contributed by atoms with E-state index in [1.54, 1.807) is 66.4 Å². The zero-order chi connectivity index (χ0) is 101. The van der Waals surface area contributed by atoms with Crippen molar-refractivity contribution in [3.8, 4) is 28.7 Å². The lowest BCUT2D eigenvalue weighted by Crippen LogP contribution is -2.45. The van der Waals surface area contributed by atoms with Crippen LogP contribution in [0.3, 0.4) is 0 Å². The number of nitrogens with one attached hydrogen (secondary N) is 8.